The van der Waals surface area contributed by atoms with E-state index in [9.17, 15) is 4.79 Å². The van der Waals surface area contributed by atoms with Gasteiger partial charge in [-0.05, 0) is 57.0 Å². The Bertz CT molecular complexity index is 1230. The normalized spacial score (nSPS) is 11.1. The van der Waals surface area contributed by atoms with Gasteiger partial charge in [-0.3, -0.25) is 9.36 Å². The number of fused-ring (bicyclic) bond motifs is 1. The molecule has 0 bridgehead atoms. The average molecular weight is 435 g/mol. The molecule has 0 amide bonds. The van der Waals surface area contributed by atoms with Crippen molar-refractivity contribution in [2.75, 3.05) is 13.2 Å². The molecule has 0 fully saturated rings. The third-order valence-electron chi connectivity index (χ3n) is 5.17. The highest BCUT2D eigenvalue weighted by Gasteiger charge is 2.18. The summed E-state index contributed by atoms with van der Waals surface area (Å²) >= 11 is 1.57. The van der Waals surface area contributed by atoms with E-state index in [1.54, 1.807) is 15.9 Å². The van der Waals surface area contributed by atoms with E-state index >= 15 is 0 Å². The number of aryl methyl sites for hydroxylation is 2. The molecule has 2 aromatic carbocycles. The summed E-state index contributed by atoms with van der Waals surface area (Å²) < 4.78 is 13.1. The first-order chi connectivity index (χ1) is 15.1. The second kappa shape index (κ2) is 9.35. The van der Waals surface area contributed by atoms with E-state index in [0.29, 0.717) is 25.1 Å². The van der Waals surface area contributed by atoms with Crippen LogP contribution in [0.3, 0.4) is 0 Å². The predicted octanol–water partition coefficient (Wildman–Crippen LogP) is 5.61. The molecular weight excluding hydrogens is 408 g/mol. The lowest BCUT2D eigenvalue weighted by Gasteiger charge is -2.11. The van der Waals surface area contributed by atoms with E-state index in [1.807, 2.05) is 75.4 Å². The largest absolute Gasteiger partial charge is 0.494 e. The van der Waals surface area contributed by atoms with Crippen LogP contribution in [0.1, 0.15) is 24.0 Å². The summed E-state index contributed by atoms with van der Waals surface area (Å²) in [6.07, 6.45) is 0.727. The lowest BCUT2D eigenvalue weighted by atomic mass is 10.0. The van der Waals surface area contributed by atoms with Crippen molar-refractivity contribution in [3.63, 3.8) is 0 Å². The van der Waals surface area contributed by atoms with Gasteiger partial charge in [0.1, 0.15) is 22.2 Å². The van der Waals surface area contributed by atoms with E-state index in [0.717, 1.165) is 44.6 Å². The fourth-order valence-corrected chi connectivity index (χ4v) is 4.80. The Morgan fingerprint density at radius 3 is 2.39 bits per heavy atom. The van der Waals surface area contributed by atoms with E-state index in [4.69, 9.17) is 14.5 Å². The quantitative estimate of drug-likeness (QED) is 0.338. The van der Waals surface area contributed by atoms with Crippen molar-refractivity contribution in [2.45, 2.75) is 33.7 Å². The van der Waals surface area contributed by atoms with Crippen LogP contribution in [-0.4, -0.2) is 22.8 Å². The average Bonchev–Trinajstić information content (AvgIpc) is 3.10. The Hall–Kier alpha value is -3.12. The van der Waals surface area contributed by atoms with Gasteiger partial charge in [-0.15, -0.1) is 11.3 Å². The molecule has 0 saturated carbocycles. The van der Waals surface area contributed by atoms with Gasteiger partial charge in [-0.1, -0.05) is 30.3 Å². The van der Waals surface area contributed by atoms with Gasteiger partial charge in [-0.25, -0.2) is 4.98 Å². The summed E-state index contributed by atoms with van der Waals surface area (Å²) in [5.74, 6) is 2.40. The molecule has 0 aliphatic heterocycles. The number of thiophene rings is 1. The number of aromatic nitrogens is 2. The summed E-state index contributed by atoms with van der Waals surface area (Å²) in [4.78, 5) is 20.1. The number of nitrogens with zero attached hydrogens (tertiary/aromatic N) is 2. The van der Waals surface area contributed by atoms with Crippen LogP contribution >= 0.6 is 11.3 Å². The van der Waals surface area contributed by atoms with Crippen LogP contribution in [0.25, 0.3) is 21.3 Å². The monoisotopic (exact) mass is 434 g/mol. The van der Waals surface area contributed by atoms with Crippen molar-refractivity contribution >= 4 is 21.6 Å². The maximum Gasteiger partial charge on any atom is 0.262 e. The Labute approximate surface area is 185 Å². The lowest BCUT2D eigenvalue weighted by molar-refractivity contribution is 0.300. The minimum Gasteiger partial charge on any atom is -0.494 e. The fourth-order valence-electron chi connectivity index (χ4n) is 3.72. The Morgan fingerprint density at radius 2 is 1.68 bits per heavy atom. The Morgan fingerprint density at radius 1 is 0.968 bits per heavy atom. The van der Waals surface area contributed by atoms with Gasteiger partial charge in [-0.2, -0.15) is 0 Å². The number of ether oxygens (including phenoxy) is 2. The van der Waals surface area contributed by atoms with Crippen LogP contribution in [0.5, 0.6) is 11.5 Å². The van der Waals surface area contributed by atoms with Crippen LogP contribution in [0.4, 0.5) is 0 Å². The molecule has 31 heavy (non-hydrogen) atoms. The highest BCUT2D eigenvalue weighted by Crippen LogP contribution is 2.36. The maximum absolute atomic E-state index is 13.5. The molecule has 160 valence electrons. The summed E-state index contributed by atoms with van der Waals surface area (Å²) in [5, 5.41) is 0.696. The van der Waals surface area contributed by atoms with Gasteiger partial charge in [0.2, 0.25) is 0 Å². The van der Waals surface area contributed by atoms with Crippen LogP contribution < -0.4 is 15.0 Å². The van der Waals surface area contributed by atoms with Gasteiger partial charge in [0, 0.05) is 17.0 Å². The molecule has 0 saturated heterocycles. The number of hydrogen-bond donors (Lipinski definition) is 0. The maximum atomic E-state index is 13.5. The first-order valence-electron chi connectivity index (χ1n) is 10.5. The molecule has 5 nitrogen and oxygen atoms in total. The topological polar surface area (TPSA) is 53.4 Å². The minimum atomic E-state index is 0.00967. The number of para-hydroxylation sites is 1. The van der Waals surface area contributed by atoms with Crippen molar-refractivity contribution in [1.82, 2.24) is 9.55 Å². The first-order valence-corrected chi connectivity index (χ1v) is 11.3. The van der Waals surface area contributed by atoms with E-state index in [2.05, 4.69) is 0 Å². The highest BCUT2D eigenvalue weighted by atomic mass is 32.1. The molecule has 0 aliphatic rings. The van der Waals surface area contributed by atoms with Crippen LogP contribution in [0.15, 0.2) is 59.4 Å². The van der Waals surface area contributed by atoms with Gasteiger partial charge >= 0.3 is 0 Å². The third-order valence-corrected chi connectivity index (χ3v) is 6.17. The molecule has 4 aromatic rings. The predicted molar refractivity (Wildman–Crippen MR) is 127 cm³/mol. The molecule has 0 aliphatic carbocycles. The van der Waals surface area contributed by atoms with Crippen molar-refractivity contribution in [2.24, 2.45) is 0 Å². The molecule has 2 aromatic heterocycles. The van der Waals surface area contributed by atoms with Gasteiger partial charge < -0.3 is 9.47 Å². The zero-order chi connectivity index (χ0) is 21.8. The molecule has 6 heteroatoms. The molecule has 2 heterocycles. The number of rotatable bonds is 8. The van der Waals surface area contributed by atoms with E-state index < -0.39 is 0 Å². The minimum absolute atomic E-state index is 0.00967. The van der Waals surface area contributed by atoms with Crippen LogP contribution in [0, 0.1) is 13.8 Å². The second-order valence-electron chi connectivity index (χ2n) is 7.30. The summed E-state index contributed by atoms with van der Waals surface area (Å²) in [7, 11) is 0. The molecule has 0 radical (unpaired) electrons. The van der Waals surface area contributed by atoms with Gasteiger partial charge in [0.05, 0.1) is 18.6 Å². The van der Waals surface area contributed by atoms with Crippen molar-refractivity contribution in [3.8, 4) is 22.6 Å². The lowest BCUT2D eigenvalue weighted by Crippen LogP contribution is -2.24. The van der Waals surface area contributed by atoms with Crippen molar-refractivity contribution in [1.29, 1.82) is 0 Å². The highest BCUT2D eigenvalue weighted by molar-refractivity contribution is 7.19. The van der Waals surface area contributed by atoms with E-state index in [1.165, 1.54) is 0 Å². The smallest absolute Gasteiger partial charge is 0.262 e. The Kier molecular flexibility index (Phi) is 6.37. The third kappa shape index (κ3) is 4.49. The summed E-state index contributed by atoms with van der Waals surface area (Å²) in [6, 6.07) is 17.6. The fraction of sp³-hybridized carbons (Fsp3) is 0.280. The molecule has 0 spiro atoms. The standard InChI is InChI=1S/C25H26N2O3S/c1-4-29-21-13-11-19(12-14-21)22-17(2)31-24-23(22)25(28)27(18(3)26-24)15-8-16-30-20-9-6-5-7-10-20/h5-7,9-14H,4,8,15-16H2,1-3H3. The van der Waals surface area contributed by atoms with E-state index in [-0.39, 0.29) is 5.56 Å². The van der Waals surface area contributed by atoms with Crippen molar-refractivity contribution in [3.05, 3.63) is 75.7 Å². The Balaban J connectivity index is 1.62. The summed E-state index contributed by atoms with van der Waals surface area (Å²) in [6.45, 7) is 7.64. The molecule has 0 atom stereocenters. The van der Waals surface area contributed by atoms with Crippen LogP contribution in [0.2, 0.25) is 0 Å². The number of hydrogen-bond acceptors (Lipinski definition) is 5. The summed E-state index contributed by atoms with van der Waals surface area (Å²) in [5.41, 5.74) is 1.99. The van der Waals surface area contributed by atoms with Crippen molar-refractivity contribution < 1.29 is 9.47 Å². The SMILES string of the molecule is CCOc1ccc(-c2c(C)sc3nc(C)n(CCCOc4ccccc4)c(=O)c23)cc1. The molecule has 0 N–H and O–H groups in total. The number of benzene rings is 2. The zero-order valence-electron chi connectivity index (χ0n) is 18.1. The molecular formula is C25H26N2O3S. The second-order valence-corrected chi connectivity index (χ2v) is 8.50. The first kappa shape index (κ1) is 21.1. The van der Waals surface area contributed by atoms with Crippen LogP contribution in [-0.2, 0) is 6.54 Å². The zero-order valence-corrected chi connectivity index (χ0v) is 18.9. The van der Waals surface area contributed by atoms with Gasteiger partial charge in [0.15, 0.2) is 0 Å². The molecule has 4 rings (SSSR count). The molecule has 0 unspecified atom stereocenters. The van der Waals surface area contributed by atoms with Gasteiger partial charge in [0.25, 0.3) is 5.56 Å².